The summed E-state index contributed by atoms with van der Waals surface area (Å²) >= 11 is 6.02. The van der Waals surface area contributed by atoms with Crippen LogP contribution < -0.4 is 10.3 Å². The number of nitrogens with zero attached hydrogens (tertiary/aromatic N) is 1. The second kappa shape index (κ2) is 4.74. The summed E-state index contributed by atoms with van der Waals surface area (Å²) in [6, 6.07) is 12.3. The standard InChI is InChI=1S/C14H9ClN2O2/c15-11-3-1-2-4-13(11)19-9-5-6-12-10(7-9)14(18)17-8-16-12/h1-8H,(H,16,17,18). The molecule has 0 aliphatic carbocycles. The Bertz CT molecular complexity index is 799. The molecule has 0 aliphatic rings. The van der Waals surface area contributed by atoms with Gasteiger partial charge in [0.2, 0.25) is 0 Å². The summed E-state index contributed by atoms with van der Waals surface area (Å²) in [6.45, 7) is 0. The lowest BCUT2D eigenvalue weighted by atomic mass is 10.2. The van der Waals surface area contributed by atoms with Crippen LogP contribution in [-0.4, -0.2) is 9.97 Å². The summed E-state index contributed by atoms with van der Waals surface area (Å²) in [4.78, 5) is 18.3. The highest BCUT2D eigenvalue weighted by molar-refractivity contribution is 6.32. The monoisotopic (exact) mass is 272 g/mol. The quantitative estimate of drug-likeness (QED) is 0.778. The first-order chi connectivity index (χ1) is 9.24. The molecule has 0 aliphatic heterocycles. The molecular weight excluding hydrogens is 264 g/mol. The maximum absolute atomic E-state index is 11.7. The predicted molar refractivity (Wildman–Crippen MR) is 73.9 cm³/mol. The van der Waals surface area contributed by atoms with Crippen molar-refractivity contribution in [3.8, 4) is 11.5 Å². The first kappa shape index (κ1) is 11.7. The zero-order chi connectivity index (χ0) is 13.2. The van der Waals surface area contributed by atoms with E-state index < -0.39 is 0 Å². The average molecular weight is 273 g/mol. The van der Waals surface area contributed by atoms with Crippen molar-refractivity contribution in [1.29, 1.82) is 0 Å². The number of rotatable bonds is 2. The third-order valence-corrected chi connectivity index (χ3v) is 2.99. The number of aromatic amines is 1. The van der Waals surface area contributed by atoms with Crippen LogP contribution in [0.5, 0.6) is 11.5 Å². The second-order valence-electron chi connectivity index (χ2n) is 3.94. The van der Waals surface area contributed by atoms with Crippen molar-refractivity contribution in [3.05, 3.63) is 64.2 Å². The van der Waals surface area contributed by atoms with Crippen molar-refractivity contribution in [2.45, 2.75) is 0 Å². The largest absolute Gasteiger partial charge is 0.456 e. The van der Waals surface area contributed by atoms with Crippen LogP contribution in [0.4, 0.5) is 0 Å². The number of para-hydroxylation sites is 1. The molecule has 1 aromatic heterocycles. The number of ether oxygens (including phenoxy) is 1. The maximum atomic E-state index is 11.7. The van der Waals surface area contributed by atoms with Gasteiger partial charge < -0.3 is 9.72 Å². The van der Waals surface area contributed by atoms with Crippen LogP contribution in [0.3, 0.4) is 0 Å². The molecule has 5 heteroatoms. The number of H-pyrrole nitrogens is 1. The molecule has 1 heterocycles. The van der Waals surface area contributed by atoms with Gasteiger partial charge in [-0.2, -0.15) is 0 Å². The second-order valence-corrected chi connectivity index (χ2v) is 4.35. The van der Waals surface area contributed by atoms with Crippen molar-refractivity contribution in [2.24, 2.45) is 0 Å². The first-order valence-electron chi connectivity index (χ1n) is 5.64. The zero-order valence-corrected chi connectivity index (χ0v) is 10.5. The lowest BCUT2D eigenvalue weighted by molar-refractivity contribution is 0.483. The lowest BCUT2D eigenvalue weighted by Crippen LogP contribution is -2.05. The molecule has 0 spiro atoms. The molecule has 3 rings (SSSR count). The predicted octanol–water partition coefficient (Wildman–Crippen LogP) is 3.37. The minimum absolute atomic E-state index is 0.199. The molecular formula is C14H9ClN2O2. The minimum atomic E-state index is -0.199. The highest BCUT2D eigenvalue weighted by Gasteiger charge is 2.05. The van der Waals surface area contributed by atoms with E-state index in [9.17, 15) is 4.79 Å². The van der Waals surface area contributed by atoms with Gasteiger partial charge in [-0.05, 0) is 30.3 Å². The Balaban J connectivity index is 2.05. The molecule has 0 saturated carbocycles. The van der Waals surface area contributed by atoms with Gasteiger partial charge in [-0.1, -0.05) is 23.7 Å². The van der Waals surface area contributed by atoms with E-state index in [4.69, 9.17) is 16.3 Å². The molecule has 19 heavy (non-hydrogen) atoms. The number of halogens is 1. The van der Waals surface area contributed by atoms with E-state index in [0.29, 0.717) is 27.4 Å². The van der Waals surface area contributed by atoms with Gasteiger partial charge in [0.15, 0.2) is 0 Å². The van der Waals surface area contributed by atoms with Crippen LogP contribution in [0.2, 0.25) is 5.02 Å². The molecule has 0 atom stereocenters. The number of hydrogen-bond acceptors (Lipinski definition) is 3. The fraction of sp³-hybridized carbons (Fsp3) is 0. The van der Waals surface area contributed by atoms with Gasteiger partial charge in [-0.25, -0.2) is 4.98 Å². The third kappa shape index (κ3) is 2.30. The van der Waals surface area contributed by atoms with Crippen LogP contribution in [0.15, 0.2) is 53.6 Å². The van der Waals surface area contributed by atoms with Crippen molar-refractivity contribution in [2.75, 3.05) is 0 Å². The summed E-state index contributed by atoms with van der Waals surface area (Å²) in [7, 11) is 0. The fourth-order valence-corrected chi connectivity index (χ4v) is 1.94. The van der Waals surface area contributed by atoms with Gasteiger partial charge in [0.1, 0.15) is 11.5 Å². The van der Waals surface area contributed by atoms with Gasteiger partial charge >= 0.3 is 0 Å². The Kier molecular flexibility index (Phi) is 2.93. The van der Waals surface area contributed by atoms with Gasteiger partial charge in [-0.15, -0.1) is 0 Å². The van der Waals surface area contributed by atoms with Gasteiger partial charge in [0, 0.05) is 0 Å². The topological polar surface area (TPSA) is 55.0 Å². The highest BCUT2D eigenvalue weighted by Crippen LogP contribution is 2.29. The number of benzene rings is 2. The minimum Gasteiger partial charge on any atom is -0.456 e. The Labute approximate surface area is 113 Å². The van der Waals surface area contributed by atoms with Crippen molar-refractivity contribution in [3.63, 3.8) is 0 Å². The maximum Gasteiger partial charge on any atom is 0.258 e. The number of aromatic nitrogens is 2. The van der Waals surface area contributed by atoms with Gasteiger partial charge in [0.05, 0.1) is 22.3 Å². The lowest BCUT2D eigenvalue weighted by Gasteiger charge is -2.07. The van der Waals surface area contributed by atoms with Crippen LogP contribution >= 0.6 is 11.6 Å². The normalized spacial score (nSPS) is 10.6. The van der Waals surface area contributed by atoms with Gasteiger partial charge in [-0.3, -0.25) is 4.79 Å². The van der Waals surface area contributed by atoms with Crippen LogP contribution in [0.25, 0.3) is 10.9 Å². The summed E-state index contributed by atoms with van der Waals surface area (Å²) in [5, 5.41) is 0.995. The smallest absolute Gasteiger partial charge is 0.258 e. The van der Waals surface area contributed by atoms with E-state index in [2.05, 4.69) is 9.97 Å². The number of hydrogen-bond donors (Lipinski definition) is 1. The number of nitrogens with one attached hydrogen (secondary N) is 1. The summed E-state index contributed by atoms with van der Waals surface area (Å²) < 4.78 is 5.66. The Morgan fingerprint density at radius 2 is 2.00 bits per heavy atom. The summed E-state index contributed by atoms with van der Waals surface area (Å²) in [5.41, 5.74) is 0.421. The van der Waals surface area contributed by atoms with E-state index in [1.54, 1.807) is 30.3 Å². The van der Waals surface area contributed by atoms with Crippen LogP contribution in [-0.2, 0) is 0 Å². The molecule has 0 radical (unpaired) electrons. The SMILES string of the molecule is O=c1[nH]cnc2ccc(Oc3ccccc3Cl)cc12. The van der Waals surface area contributed by atoms with Crippen molar-refractivity contribution >= 4 is 22.5 Å². The molecule has 0 unspecified atom stereocenters. The van der Waals surface area contributed by atoms with Crippen LogP contribution in [0, 0.1) is 0 Å². The summed E-state index contributed by atoms with van der Waals surface area (Å²) in [6.07, 6.45) is 1.37. The van der Waals surface area contributed by atoms with E-state index in [1.807, 2.05) is 12.1 Å². The van der Waals surface area contributed by atoms with E-state index in [1.165, 1.54) is 6.33 Å². The highest BCUT2D eigenvalue weighted by atomic mass is 35.5. The molecule has 0 saturated heterocycles. The Hall–Kier alpha value is -2.33. The molecule has 0 amide bonds. The van der Waals surface area contributed by atoms with E-state index in [-0.39, 0.29) is 5.56 Å². The fourth-order valence-electron chi connectivity index (χ4n) is 1.77. The third-order valence-electron chi connectivity index (χ3n) is 2.68. The molecule has 0 fully saturated rings. The van der Waals surface area contributed by atoms with Crippen molar-refractivity contribution < 1.29 is 4.74 Å². The van der Waals surface area contributed by atoms with Crippen molar-refractivity contribution in [1.82, 2.24) is 9.97 Å². The molecule has 3 aromatic rings. The molecule has 94 valence electrons. The Morgan fingerprint density at radius 3 is 2.84 bits per heavy atom. The molecule has 1 N–H and O–H groups in total. The van der Waals surface area contributed by atoms with E-state index in [0.717, 1.165) is 0 Å². The Morgan fingerprint density at radius 1 is 1.16 bits per heavy atom. The summed E-state index contributed by atoms with van der Waals surface area (Å²) in [5.74, 6) is 1.09. The molecule has 0 bridgehead atoms. The number of fused-ring (bicyclic) bond motifs is 1. The first-order valence-corrected chi connectivity index (χ1v) is 6.02. The molecule has 4 nitrogen and oxygen atoms in total. The molecule has 2 aromatic carbocycles. The van der Waals surface area contributed by atoms with Crippen LogP contribution in [0.1, 0.15) is 0 Å². The average Bonchev–Trinajstić information content (AvgIpc) is 2.42. The zero-order valence-electron chi connectivity index (χ0n) is 9.76. The van der Waals surface area contributed by atoms with Gasteiger partial charge in [0.25, 0.3) is 5.56 Å². The van der Waals surface area contributed by atoms with E-state index >= 15 is 0 Å².